The Kier molecular flexibility index (Phi) is 3.94. The van der Waals surface area contributed by atoms with E-state index in [9.17, 15) is 14.7 Å². The highest BCUT2D eigenvalue weighted by molar-refractivity contribution is 5.95. The fraction of sp³-hybridized carbons (Fsp3) is 0.333. The fourth-order valence-corrected chi connectivity index (χ4v) is 4.20. The van der Waals surface area contributed by atoms with Crippen LogP contribution in [0.15, 0.2) is 41.2 Å². The van der Waals surface area contributed by atoms with Crippen LogP contribution in [-0.4, -0.2) is 20.2 Å². The summed E-state index contributed by atoms with van der Waals surface area (Å²) in [6, 6.07) is 11.9. The molecular formula is C21H22N2O3. The van der Waals surface area contributed by atoms with Gasteiger partial charge in [-0.1, -0.05) is 49.2 Å². The van der Waals surface area contributed by atoms with Crippen molar-refractivity contribution in [3.05, 3.63) is 58.0 Å². The van der Waals surface area contributed by atoms with E-state index in [2.05, 4.69) is 25.1 Å². The van der Waals surface area contributed by atoms with E-state index in [-0.39, 0.29) is 18.2 Å². The number of carboxylic acids is 1. The van der Waals surface area contributed by atoms with E-state index < -0.39 is 5.97 Å². The molecule has 134 valence electrons. The van der Waals surface area contributed by atoms with E-state index in [0.29, 0.717) is 13.0 Å². The van der Waals surface area contributed by atoms with E-state index >= 15 is 0 Å². The number of hydrogen-bond acceptors (Lipinski definition) is 2. The smallest absolute Gasteiger partial charge is 0.329 e. The second-order valence-electron chi connectivity index (χ2n) is 7.11. The Bertz CT molecular complexity index is 1070. The van der Waals surface area contributed by atoms with E-state index in [1.165, 1.54) is 5.56 Å². The van der Waals surface area contributed by atoms with Crippen molar-refractivity contribution in [1.29, 1.82) is 0 Å². The quantitative estimate of drug-likeness (QED) is 0.593. The number of rotatable bonds is 5. The number of aliphatic carboxylic acids is 1. The van der Waals surface area contributed by atoms with Crippen molar-refractivity contribution < 1.29 is 9.90 Å². The molecule has 2 heterocycles. The van der Waals surface area contributed by atoms with Crippen molar-refractivity contribution in [2.75, 3.05) is 0 Å². The van der Waals surface area contributed by atoms with Crippen molar-refractivity contribution in [3.8, 4) is 11.1 Å². The van der Waals surface area contributed by atoms with Gasteiger partial charge in [-0.3, -0.25) is 13.9 Å². The molecule has 1 aliphatic heterocycles. The topological polar surface area (TPSA) is 64.2 Å². The van der Waals surface area contributed by atoms with Crippen molar-refractivity contribution in [2.45, 2.75) is 45.7 Å². The Morgan fingerprint density at radius 2 is 2.04 bits per heavy atom. The lowest BCUT2D eigenvalue weighted by Gasteiger charge is -2.19. The molecule has 0 radical (unpaired) electrons. The summed E-state index contributed by atoms with van der Waals surface area (Å²) in [4.78, 5) is 24.6. The number of benzene rings is 2. The lowest BCUT2D eigenvalue weighted by Crippen LogP contribution is -2.29. The third-order valence-corrected chi connectivity index (χ3v) is 5.26. The molecule has 1 N–H and O–H groups in total. The highest BCUT2D eigenvalue weighted by atomic mass is 16.4. The van der Waals surface area contributed by atoms with Crippen LogP contribution in [0, 0.1) is 6.92 Å². The van der Waals surface area contributed by atoms with Crippen LogP contribution in [0.3, 0.4) is 0 Å². The third-order valence-electron chi connectivity index (χ3n) is 5.26. The molecule has 2 aromatic carbocycles. The van der Waals surface area contributed by atoms with Crippen molar-refractivity contribution >= 4 is 17.0 Å². The van der Waals surface area contributed by atoms with Crippen molar-refractivity contribution in [2.24, 2.45) is 0 Å². The molecule has 3 aromatic rings. The van der Waals surface area contributed by atoms with Gasteiger partial charge in [-0.25, -0.2) is 4.79 Å². The second-order valence-corrected chi connectivity index (χ2v) is 7.11. The minimum Gasteiger partial charge on any atom is -0.481 e. The molecule has 0 bridgehead atoms. The molecular weight excluding hydrogens is 328 g/mol. The Labute approximate surface area is 151 Å². The number of aryl methyl sites for hydroxylation is 1. The van der Waals surface area contributed by atoms with Crippen LogP contribution in [0.4, 0.5) is 0 Å². The van der Waals surface area contributed by atoms with Gasteiger partial charge in [0.2, 0.25) is 0 Å². The zero-order valence-corrected chi connectivity index (χ0v) is 15.0. The van der Waals surface area contributed by atoms with Gasteiger partial charge in [-0.05, 0) is 30.5 Å². The first-order valence-electron chi connectivity index (χ1n) is 9.06. The number of imidazole rings is 1. The average Bonchev–Trinajstić information content (AvgIpc) is 2.87. The number of aromatic nitrogens is 2. The van der Waals surface area contributed by atoms with Crippen LogP contribution in [-0.2, 0) is 11.3 Å². The lowest BCUT2D eigenvalue weighted by molar-refractivity contribution is -0.137. The zero-order valence-electron chi connectivity index (χ0n) is 15.0. The number of para-hydroxylation sites is 1. The second kappa shape index (κ2) is 6.16. The van der Waals surface area contributed by atoms with Gasteiger partial charge >= 0.3 is 11.7 Å². The largest absolute Gasteiger partial charge is 0.481 e. The predicted octanol–water partition coefficient (Wildman–Crippen LogP) is 3.96. The number of fused-ring (bicyclic) bond motifs is 2. The third kappa shape index (κ3) is 2.46. The monoisotopic (exact) mass is 350 g/mol. The van der Waals surface area contributed by atoms with Gasteiger partial charge in [0.1, 0.15) is 0 Å². The minimum atomic E-state index is -0.874. The summed E-state index contributed by atoms with van der Waals surface area (Å²) in [6.45, 7) is 4.60. The molecule has 4 rings (SSSR count). The maximum Gasteiger partial charge on any atom is 0.329 e. The summed E-state index contributed by atoms with van der Waals surface area (Å²) >= 11 is 0. The predicted molar refractivity (Wildman–Crippen MR) is 102 cm³/mol. The Balaban J connectivity index is 1.99. The normalized spacial score (nSPS) is 13.6. The zero-order chi connectivity index (χ0) is 18.4. The van der Waals surface area contributed by atoms with Gasteiger partial charge < -0.3 is 5.11 Å². The molecule has 0 spiro atoms. The van der Waals surface area contributed by atoms with Gasteiger partial charge in [0.15, 0.2) is 0 Å². The number of hydrogen-bond donors (Lipinski definition) is 1. The van der Waals surface area contributed by atoms with Crippen LogP contribution in [0.1, 0.15) is 43.4 Å². The van der Waals surface area contributed by atoms with Crippen molar-refractivity contribution in [1.82, 2.24) is 9.13 Å². The summed E-state index contributed by atoms with van der Waals surface area (Å²) in [5.41, 5.74) is 6.14. The molecule has 5 nitrogen and oxygen atoms in total. The van der Waals surface area contributed by atoms with Crippen LogP contribution in [0.5, 0.6) is 0 Å². The summed E-state index contributed by atoms with van der Waals surface area (Å²) < 4.78 is 3.51. The number of carbonyl (C=O) groups is 1. The van der Waals surface area contributed by atoms with Crippen LogP contribution < -0.4 is 5.69 Å². The molecule has 1 aliphatic rings. The van der Waals surface area contributed by atoms with Crippen molar-refractivity contribution in [3.63, 3.8) is 0 Å². The number of carboxylic acid groups (broad SMARTS) is 1. The van der Waals surface area contributed by atoms with Gasteiger partial charge in [-0.2, -0.15) is 0 Å². The van der Waals surface area contributed by atoms with Gasteiger partial charge in [0, 0.05) is 11.6 Å². The highest BCUT2D eigenvalue weighted by Crippen LogP contribution is 2.37. The molecule has 1 aromatic heterocycles. The molecule has 0 amide bonds. The molecule has 0 aliphatic carbocycles. The molecule has 5 heteroatoms. The number of nitrogens with zero attached hydrogens (tertiary/aromatic N) is 2. The average molecular weight is 350 g/mol. The summed E-state index contributed by atoms with van der Waals surface area (Å²) in [7, 11) is 0. The van der Waals surface area contributed by atoms with Gasteiger partial charge in [-0.15, -0.1) is 0 Å². The molecule has 1 atom stereocenters. The van der Waals surface area contributed by atoms with Crippen LogP contribution in [0.25, 0.3) is 22.2 Å². The highest BCUT2D eigenvalue weighted by Gasteiger charge is 2.27. The van der Waals surface area contributed by atoms with Crippen LogP contribution in [0.2, 0.25) is 0 Å². The maximum atomic E-state index is 13.2. The molecule has 26 heavy (non-hydrogen) atoms. The minimum absolute atomic E-state index is 0.0385. The lowest BCUT2D eigenvalue weighted by atomic mass is 9.94. The van der Waals surface area contributed by atoms with Gasteiger partial charge in [0.25, 0.3) is 0 Å². The Morgan fingerprint density at radius 3 is 2.77 bits per heavy atom. The Hall–Kier alpha value is -2.82. The summed E-state index contributed by atoms with van der Waals surface area (Å²) in [5.74, 6) is -0.874. The molecule has 0 fully saturated rings. The molecule has 0 saturated heterocycles. The maximum absolute atomic E-state index is 13.2. The van der Waals surface area contributed by atoms with Gasteiger partial charge in [0.05, 0.1) is 24.0 Å². The van der Waals surface area contributed by atoms with E-state index in [4.69, 9.17) is 0 Å². The summed E-state index contributed by atoms with van der Waals surface area (Å²) in [6.07, 6.45) is 1.46. The SMILES string of the molecule is CCCC(CC(=O)O)n1c(=O)n2c3c(cccc31)-c1ccc(C)cc1C2. The fourth-order valence-electron chi connectivity index (χ4n) is 4.20. The van der Waals surface area contributed by atoms with E-state index in [0.717, 1.165) is 34.1 Å². The Morgan fingerprint density at radius 1 is 1.23 bits per heavy atom. The molecule has 0 saturated carbocycles. The first-order chi connectivity index (χ1) is 12.5. The molecule has 1 unspecified atom stereocenters. The van der Waals surface area contributed by atoms with E-state index in [1.807, 2.05) is 25.1 Å². The first kappa shape index (κ1) is 16.6. The summed E-state index contributed by atoms with van der Waals surface area (Å²) in [5, 5.41) is 9.32. The van der Waals surface area contributed by atoms with E-state index in [1.54, 1.807) is 9.13 Å². The van der Waals surface area contributed by atoms with Crippen LogP contribution >= 0.6 is 0 Å². The standard InChI is InChI=1S/C21H22N2O3/c1-3-5-15(11-19(24)25)23-18-7-4-6-17-16-9-8-13(2)10-14(16)12-22(20(17)18)21(23)26/h4,6-10,15H,3,5,11-12H2,1-2H3,(H,24,25). The first-order valence-corrected chi connectivity index (χ1v) is 9.06.